The Hall–Kier alpha value is -1.72. The first-order chi connectivity index (χ1) is 9.32. The van der Waals surface area contributed by atoms with Crippen molar-refractivity contribution in [3.63, 3.8) is 0 Å². The maximum Gasteiger partial charge on any atom is 0.324 e. The van der Waals surface area contributed by atoms with Gasteiger partial charge in [-0.05, 0) is 25.7 Å². The highest BCUT2D eigenvalue weighted by atomic mass is 16.4. The lowest BCUT2D eigenvalue weighted by molar-refractivity contribution is -0.161. The molecule has 0 aliphatic carbocycles. The molecular formula is C14H22O6. The SMILES string of the molecule is CCCC(=O)C(CCCC(=O)O)(C(=O)O)C(=O)CCC. The van der Waals surface area contributed by atoms with Crippen molar-refractivity contribution in [2.75, 3.05) is 0 Å². The van der Waals surface area contributed by atoms with Crippen molar-refractivity contribution < 1.29 is 29.4 Å². The van der Waals surface area contributed by atoms with Crippen LogP contribution in [0.3, 0.4) is 0 Å². The van der Waals surface area contributed by atoms with Crippen LogP contribution in [0.15, 0.2) is 0 Å². The zero-order valence-corrected chi connectivity index (χ0v) is 12.0. The maximum atomic E-state index is 12.1. The van der Waals surface area contributed by atoms with Crippen LogP contribution in [0.1, 0.15) is 58.8 Å². The predicted molar refractivity (Wildman–Crippen MR) is 71.4 cm³/mol. The quantitative estimate of drug-likeness (QED) is 0.563. The van der Waals surface area contributed by atoms with Gasteiger partial charge in [0.25, 0.3) is 0 Å². The Morgan fingerprint density at radius 1 is 0.850 bits per heavy atom. The molecule has 0 bridgehead atoms. The number of hydrogen-bond acceptors (Lipinski definition) is 4. The molecule has 6 nitrogen and oxygen atoms in total. The van der Waals surface area contributed by atoms with Crippen molar-refractivity contribution in [3.05, 3.63) is 0 Å². The Morgan fingerprint density at radius 2 is 1.30 bits per heavy atom. The van der Waals surface area contributed by atoms with E-state index in [0.717, 1.165) is 0 Å². The molecule has 0 aromatic rings. The number of carboxylic acids is 2. The Bertz CT molecular complexity index is 367. The standard InChI is InChI=1S/C14H22O6/c1-3-6-10(15)14(13(19)20,11(16)7-4-2)9-5-8-12(17)18/h3-9H2,1-2H3,(H,17,18)(H,19,20). The van der Waals surface area contributed by atoms with Crippen LogP contribution in [0.5, 0.6) is 0 Å². The predicted octanol–water partition coefficient (Wildman–Crippen LogP) is 2.05. The van der Waals surface area contributed by atoms with Crippen LogP contribution in [-0.2, 0) is 19.2 Å². The van der Waals surface area contributed by atoms with E-state index in [-0.39, 0.29) is 32.1 Å². The van der Waals surface area contributed by atoms with Gasteiger partial charge in [0.05, 0.1) is 0 Å². The first-order valence-corrected chi connectivity index (χ1v) is 6.84. The molecule has 6 heteroatoms. The van der Waals surface area contributed by atoms with Crippen LogP contribution in [-0.4, -0.2) is 33.7 Å². The minimum atomic E-state index is -2.07. The number of Topliss-reactive ketones (excluding diaryl/α,β-unsaturated/α-hetero) is 2. The molecule has 0 unspecified atom stereocenters. The Balaban J connectivity index is 5.33. The Kier molecular flexibility index (Phi) is 7.72. The zero-order chi connectivity index (χ0) is 15.8. The zero-order valence-electron chi connectivity index (χ0n) is 12.0. The molecule has 0 rings (SSSR count). The summed E-state index contributed by atoms with van der Waals surface area (Å²) in [6, 6.07) is 0. The van der Waals surface area contributed by atoms with Crippen LogP contribution in [0.2, 0.25) is 0 Å². The monoisotopic (exact) mass is 286 g/mol. The van der Waals surface area contributed by atoms with E-state index < -0.39 is 28.9 Å². The van der Waals surface area contributed by atoms with Gasteiger partial charge in [-0.25, -0.2) is 0 Å². The van der Waals surface area contributed by atoms with Crippen molar-refractivity contribution in [2.24, 2.45) is 5.41 Å². The van der Waals surface area contributed by atoms with E-state index in [4.69, 9.17) is 5.11 Å². The molecule has 2 N–H and O–H groups in total. The van der Waals surface area contributed by atoms with E-state index in [2.05, 4.69) is 0 Å². The number of hydrogen-bond donors (Lipinski definition) is 2. The summed E-state index contributed by atoms with van der Waals surface area (Å²) in [6.07, 6.45) is 0.411. The van der Waals surface area contributed by atoms with Crippen molar-refractivity contribution in [1.82, 2.24) is 0 Å². The molecule has 0 radical (unpaired) electrons. The second-order valence-electron chi connectivity index (χ2n) is 4.80. The highest BCUT2D eigenvalue weighted by molar-refractivity contribution is 6.21. The fourth-order valence-electron chi connectivity index (χ4n) is 2.17. The second-order valence-corrected chi connectivity index (χ2v) is 4.80. The molecule has 0 aliphatic heterocycles. The van der Waals surface area contributed by atoms with E-state index in [1.54, 1.807) is 13.8 Å². The Morgan fingerprint density at radius 3 is 1.60 bits per heavy atom. The highest BCUT2D eigenvalue weighted by Gasteiger charge is 2.50. The largest absolute Gasteiger partial charge is 0.481 e. The highest BCUT2D eigenvalue weighted by Crippen LogP contribution is 2.31. The topological polar surface area (TPSA) is 109 Å². The second kappa shape index (κ2) is 8.45. The lowest BCUT2D eigenvalue weighted by atomic mass is 9.72. The fraction of sp³-hybridized carbons (Fsp3) is 0.714. The molecule has 0 spiro atoms. The van der Waals surface area contributed by atoms with Crippen LogP contribution in [0, 0.1) is 5.41 Å². The summed E-state index contributed by atoms with van der Waals surface area (Å²) in [5.74, 6) is -3.76. The number of rotatable bonds is 11. The van der Waals surface area contributed by atoms with E-state index in [1.807, 2.05) is 0 Å². The molecule has 114 valence electrons. The van der Waals surface area contributed by atoms with Crippen molar-refractivity contribution in [2.45, 2.75) is 58.8 Å². The summed E-state index contributed by atoms with van der Waals surface area (Å²) in [5.41, 5.74) is -2.07. The summed E-state index contributed by atoms with van der Waals surface area (Å²) >= 11 is 0. The van der Waals surface area contributed by atoms with Gasteiger partial charge in [0.2, 0.25) is 0 Å². The summed E-state index contributed by atoms with van der Waals surface area (Å²) in [4.78, 5) is 46.4. The molecule has 0 aromatic heterocycles. The van der Waals surface area contributed by atoms with Gasteiger partial charge in [0.1, 0.15) is 0 Å². The maximum absolute atomic E-state index is 12.1. The molecule has 0 aliphatic rings. The molecule has 0 fully saturated rings. The third kappa shape index (κ3) is 4.43. The molecule has 0 amide bonds. The molecule has 0 atom stereocenters. The molecule has 0 saturated carbocycles. The van der Waals surface area contributed by atoms with Crippen molar-refractivity contribution in [1.29, 1.82) is 0 Å². The van der Waals surface area contributed by atoms with Gasteiger partial charge in [-0.2, -0.15) is 0 Å². The molecule has 20 heavy (non-hydrogen) atoms. The van der Waals surface area contributed by atoms with E-state index in [0.29, 0.717) is 12.8 Å². The average Bonchev–Trinajstić information content (AvgIpc) is 2.34. The van der Waals surface area contributed by atoms with Crippen LogP contribution in [0.4, 0.5) is 0 Å². The lowest BCUT2D eigenvalue weighted by Gasteiger charge is -2.26. The van der Waals surface area contributed by atoms with Gasteiger partial charge in [0.15, 0.2) is 17.0 Å². The van der Waals surface area contributed by atoms with Gasteiger partial charge in [-0.15, -0.1) is 0 Å². The molecule has 0 heterocycles. The van der Waals surface area contributed by atoms with E-state index in [1.165, 1.54) is 0 Å². The fourth-order valence-corrected chi connectivity index (χ4v) is 2.17. The summed E-state index contributed by atoms with van der Waals surface area (Å²) in [7, 11) is 0. The number of carboxylic acid groups (broad SMARTS) is 2. The number of carbonyl (C=O) groups is 4. The third-order valence-electron chi connectivity index (χ3n) is 3.21. The average molecular weight is 286 g/mol. The third-order valence-corrected chi connectivity index (χ3v) is 3.21. The first kappa shape index (κ1) is 18.3. The van der Waals surface area contributed by atoms with Crippen LogP contribution < -0.4 is 0 Å². The lowest BCUT2D eigenvalue weighted by Crippen LogP contribution is -2.46. The summed E-state index contributed by atoms with van der Waals surface area (Å²) in [6.45, 7) is 3.46. The van der Waals surface area contributed by atoms with E-state index in [9.17, 15) is 24.3 Å². The summed E-state index contributed by atoms with van der Waals surface area (Å²) < 4.78 is 0. The van der Waals surface area contributed by atoms with Crippen LogP contribution >= 0.6 is 0 Å². The van der Waals surface area contributed by atoms with Crippen LogP contribution in [0.25, 0.3) is 0 Å². The van der Waals surface area contributed by atoms with Gasteiger partial charge >= 0.3 is 11.9 Å². The number of carbonyl (C=O) groups excluding carboxylic acids is 2. The minimum absolute atomic E-state index is 0.00740. The minimum Gasteiger partial charge on any atom is -0.481 e. The van der Waals surface area contributed by atoms with Crippen molar-refractivity contribution >= 4 is 23.5 Å². The van der Waals surface area contributed by atoms with Gasteiger partial charge in [-0.1, -0.05) is 13.8 Å². The first-order valence-electron chi connectivity index (χ1n) is 6.84. The molecule has 0 saturated heterocycles. The van der Waals surface area contributed by atoms with Gasteiger partial charge < -0.3 is 10.2 Å². The van der Waals surface area contributed by atoms with Gasteiger partial charge in [0, 0.05) is 19.3 Å². The molecular weight excluding hydrogens is 264 g/mol. The number of ketones is 2. The van der Waals surface area contributed by atoms with Crippen molar-refractivity contribution in [3.8, 4) is 0 Å². The molecule has 0 aromatic carbocycles. The Labute approximate surface area is 118 Å². The van der Waals surface area contributed by atoms with Gasteiger partial charge in [-0.3, -0.25) is 19.2 Å². The smallest absolute Gasteiger partial charge is 0.324 e. The van der Waals surface area contributed by atoms with E-state index >= 15 is 0 Å². The normalized spacial score (nSPS) is 11.1. The number of aliphatic carboxylic acids is 2. The summed E-state index contributed by atoms with van der Waals surface area (Å²) in [5, 5.41) is 18.0.